The van der Waals surface area contributed by atoms with Crippen LogP contribution in [0.3, 0.4) is 0 Å². The van der Waals surface area contributed by atoms with Gasteiger partial charge in [0.2, 0.25) is 5.82 Å². The zero-order chi connectivity index (χ0) is 18.9. The molecular weight excluding hydrogens is 342 g/mol. The molecule has 3 aliphatic rings. The van der Waals surface area contributed by atoms with E-state index in [4.69, 9.17) is 4.74 Å². The van der Waals surface area contributed by atoms with E-state index < -0.39 is 0 Å². The topological polar surface area (TPSA) is 72.3 Å². The molecule has 1 saturated carbocycles. The number of nitrogens with zero attached hydrogens (tertiary/aromatic N) is 4. The first-order chi connectivity index (χ1) is 13.1. The van der Waals surface area contributed by atoms with E-state index in [-0.39, 0.29) is 17.5 Å². The molecule has 0 atom stereocenters. The molecule has 1 N–H and O–H groups in total. The van der Waals surface area contributed by atoms with Gasteiger partial charge in [-0.3, -0.25) is 9.36 Å². The Hall–Kier alpha value is -1.47. The van der Waals surface area contributed by atoms with E-state index in [2.05, 4.69) is 38.8 Å². The highest BCUT2D eigenvalue weighted by Crippen LogP contribution is 2.36. The summed E-state index contributed by atoms with van der Waals surface area (Å²) in [5.74, 6) is 1.89. The number of carbonyl (C=O) groups is 1. The molecule has 1 aromatic heterocycles. The summed E-state index contributed by atoms with van der Waals surface area (Å²) in [7, 11) is 0. The van der Waals surface area contributed by atoms with Crippen molar-refractivity contribution in [1.82, 2.24) is 25.0 Å². The Morgan fingerprint density at radius 3 is 2.67 bits per heavy atom. The van der Waals surface area contributed by atoms with E-state index in [1.165, 1.54) is 19.3 Å². The van der Waals surface area contributed by atoms with Gasteiger partial charge in [-0.1, -0.05) is 33.1 Å². The Morgan fingerprint density at radius 2 is 1.96 bits per heavy atom. The van der Waals surface area contributed by atoms with Gasteiger partial charge < -0.3 is 15.0 Å². The van der Waals surface area contributed by atoms with E-state index >= 15 is 0 Å². The third-order valence-corrected chi connectivity index (χ3v) is 6.36. The maximum absolute atomic E-state index is 13.0. The second-order valence-corrected chi connectivity index (χ2v) is 9.00. The lowest BCUT2D eigenvalue weighted by molar-refractivity contribution is -0.0337. The number of carbonyl (C=O) groups excluding carboxylic acids is 1. The molecule has 0 bridgehead atoms. The quantitative estimate of drug-likeness (QED) is 0.874. The Balaban J connectivity index is 1.52. The molecule has 1 aliphatic carbocycles. The first kappa shape index (κ1) is 18.9. The van der Waals surface area contributed by atoms with Crippen LogP contribution in [0.5, 0.6) is 0 Å². The van der Waals surface area contributed by atoms with Crippen LogP contribution in [-0.4, -0.2) is 57.9 Å². The minimum atomic E-state index is -0.177. The molecule has 7 heteroatoms. The SMILES string of the molecule is CC(C)CN1CCC2(CC1)COCc1nnc(C(=O)NC3CCCCC3)n12. The molecular formula is C20H33N5O2. The van der Waals surface area contributed by atoms with Crippen molar-refractivity contribution < 1.29 is 9.53 Å². The smallest absolute Gasteiger partial charge is 0.289 e. The highest BCUT2D eigenvalue weighted by Gasteiger charge is 2.43. The number of likely N-dealkylation sites (tertiary alicyclic amines) is 1. The average Bonchev–Trinajstić information content (AvgIpc) is 3.10. The minimum Gasteiger partial charge on any atom is -0.371 e. The van der Waals surface area contributed by atoms with Gasteiger partial charge in [-0.25, -0.2) is 0 Å². The molecule has 2 fully saturated rings. The lowest BCUT2D eigenvalue weighted by Crippen LogP contribution is -2.53. The normalized spacial score (nSPS) is 23.5. The second-order valence-electron chi connectivity index (χ2n) is 9.00. The van der Waals surface area contributed by atoms with Crippen LogP contribution in [0.2, 0.25) is 0 Å². The van der Waals surface area contributed by atoms with Crippen LogP contribution in [0.25, 0.3) is 0 Å². The van der Waals surface area contributed by atoms with Gasteiger partial charge in [0, 0.05) is 25.7 Å². The number of nitrogens with one attached hydrogen (secondary N) is 1. The fourth-order valence-corrected chi connectivity index (χ4v) is 4.99. The summed E-state index contributed by atoms with van der Waals surface area (Å²) in [5, 5.41) is 11.8. The van der Waals surface area contributed by atoms with Crippen LogP contribution >= 0.6 is 0 Å². The number of ether oxygens (including phenoxy) is 1. The van der Waals surface area contributed by atoms with Gasteiger partial charge in [-0.2, -0.15) is 0 Å². The number of fused-ring (bicyclic) bond motifs is 2. The molecule has 0 radical (unpaired) electrons. The molecule has 1 aromatic rings. The molecule has 1 saturated heterocycles. The second kappa shape index (κ2) is 7.87. The van der Waals surface area contributed by atoms with E-state index in [9.17, 15) is 4.79 Å². The molecule has 1 amide bonds. The van der Waals surface area contributed by atoms with Crippen molar-refractivity contribution >= 4 is 5.91 Å². The van der Waals surface area contributed by atoms with Crippen LogP contribution in [0.15, 0.2) is 0 Å². The summed E-state index contributed by atoms with van der Waals surface area (Å²) in [4.78, 5) is 15.5. The average molecular weight is 376 g/mol. The van der Waals surface area contributed by atoms with Crippen molar-refractivity contribution in [2.45, 2.75) is 77.0 Å². The van der Waals surface area contributed by atoms with Gasteiger partial charge in [0.25, 0.3) is 5.91 Å². The van der Waals surface area contributed by atoms with Crippen LogP contribution in [0.4, 0.5) is 0 Å². The summed E-state index contributed by atoms with van der Waals surface area (Å²) in [5.41, 5.74) is -0.177. The number of hydrogen-bond acceptors (Lipinski definition) is 5. The largest absolute Gasteiger partial charge is 0.371 e. The summed E-state index contributed by atoms with van der Waals surface area (Å²) in [6.45, 7) is 8.81. The summed E-state index contributed by atoms with van der Waals surface area (Å²) >= 11 is 0. The fraction of sp³-hybridized carbons (Fsp3) is 0.850. The number of piperidine rings is 1. The molecule has 0 aromatic carbocycles. The van der Waals surface area contributed by atoms with E-state index in [1.807, 2.05) is 0 Å². The van der Waals surface area contributed by atoms with Gasteiger partial charge in [0.1, 0.15) is 6.61 Å². The maximum atomic E-state index is 13.0. The van der Waals surface area contributed by atoms with Crippen LogP contribution < -0.4 is 5.32 Å². The van der Waals surface area contributed by atoms with E-state index in [0.717, 1.165) is 51.1 Å². The van der Waals surface area contributed by atoms with Crippen molar-refractivity contribution in [1.29, 1.82) is 0 Å². The first-order valence-electron chi connectivity index (χ1n) is 10.6. The van der Waals surface area contributed by atoms with Crippen molar-refractivity contribution in [3.05, 3.63) is 11.6 Å². The Bertz CT molecular complexity index is 657. The molecule has 0 unspecified atom stereocenters. The minimum absolute atomic E-state index is 0.0634. The predicted molar refractivity (Wildman–Crippen MR) is 103 cm³/mol. The summed E-state index contributed by atoms with van der Waals surface area (Å²) in [6.07, 6.45) is 7.79. The van der Waals surface area contributed by atoms with Gasteiger partial charge >= 0.3 is 0 Å². The lowest BCUT2D eigenvalue weighted by atomic mass is 9.86. The lowest BCUT2D eigenvalue weighted by Gasteiger charge is -2.45. The fourth-order valence-electron chi connectivity index (χ4n) is 4.99. The van der Waals surface area contributed by atoms with Crippen LogP contribution in [0.1, 0.15) is 75.2 Å². The standard InChI is InChI=1S/C20H33N5O2/c1-15(2)12-24-10-8-20(9-11-24)14-27-13-17-22-23-18(25(17)20)19(26)21-16-6-4-3-5-7-16/h15-16H,3-14H2,1-2H3,(H,21,26). The summed E-state index contributed by atoms with van der Waals surface area (Å²) < 4.78 is 8.00. The van der Waals surface area contributed by atoms with Gasteiger partial charge in [-0.15, -0.1) is 10.2 Å². The highest BCUT2D eigenvalue weighted by molar-refractivity contribution is 5.91. The Morgan fingerprint density at radius 1 is 1.22 bits per heavy atom. The molecule has 1 spiro atoms. The number of amides is 1. The van der Waals surface area contributed by atoms with Crippen molar-refractivity contribution in [3.8, 4) is 0 Å². The van der Waals surface area contributed by atoms with E-state index in [1.54, 1.807) is 0 Å². The zero-order valence-corrected chi connectivity index (χ0v) is 16.7. The van der Waals surface area contributed by atoms with Gasteiger partial charge in [-0.05, 0) is 31.6 Å². The third kappa shape index (κ3) is 3.90. The molecule has 27 heavy (non-hydrogen) atoms. The molecule has 7 nitrogen and oxygen atoms in total. The van der Waals surface area contributed by atoms with Gasteiger partial charge in [0.05, 0.1) is 12.1 Å². The molecule has 3 heterocycles. The monoisotopic (exact) mass is 375 g/mol. The Kier molecular flexibility index (Phi) is 5.50. The van der Waals surface area contributed by atoms with Crippen LogP contribution in [0, 0.1) is 5.92 Å². The molecule has 150 valence electrons. The summed E-state index contributed by atoms with van der Waals surface area (Å²) in [6, 6.07) is 0.280. The molecule has 4 rings (SSSR count). The van der Waals surface area contributed by atoms with Gasteiger partial charge in [0.15, 0.2) is 5.82 Å². The number of aromatic nitrogens is 3. The number of hydrogen-bond donors (Lipinski definition) is 1. The first-order valence-corrected chi connectivity index (χ1v) is 10.6. The number of rotatable bonds is 4. The van der Waals surface area contributed by atoms with Crippen molar-refractivity contribution in [3.63, 3.8) is 0 Å². The molecule has 2 aliphatic heterocycles. The van der Waals surface area contributed by atoms with Crippen LogP contribution in [-0.2, 0) is 16.9 Å². The van der Waals surface area contributed by atoms with Crippen molar-refractivity contribution in [2.24, 2.45) is 5.92 Å². The van der Waals surface area contributed by atoms with Crippen molar-refractivity contribution in [2.75, 3.05) is 26.2 Å². The Labute approximate surface area is 161 Å². The maximum Gasteiger partial charge on any atom is 0.289 e. The third-order valence-electron chi connectivity index (χ3n) is 6.36. The predicted octanol–water partition coefficient (Wildman–Crippen LogP) is 2.32. The van der Waals surface area contributed by atoms with E-state index in [0.29, 0.717) is 25.0 Å². The highest BCUT2D eigenvalue weighted by atomic mass is 16.5. The zero-order valence-electron chi connectivity index (χ0n) is 16.7.